The molecule has 152 valence electrons. The normalized spacial score (nSPS) is 12.6. The number of ether oxygens (including phenoxy) is 1. The summed E-state index contributed by atoms with van der Waals surface area (Å²) in [6, 6.07) is 7.60. The maximum Gasteiger partial charge on any atom is 0.344 e. The molecule has 0 radical (unpaired) electrons. The Morgan fingerprint density at radius 3 is 2.36 bits per heavy atom. The van der Waals surface area contributed by atoms with Crippen LogP contribution in [0.3, 0.4) is 0 Å². The quantitative estimate of drug-likeness (QED) is 0.447. The minimum atomic E-state index is -3.72. The number of sulfonamides is 1. The zero-order chi connectivity index (χ0) is 20.9. The van der Waals surface area contributed by atoms with Crippen LogP contribution in [0.25, 0.3) is 0 Å². The molecule has 0 fully saturated rings. The molecule has 1 atom stereocenters. The van der Waals surface area contributed by atoms with E-state index in [2.05, 4.69) is 4.72 Å². The average Bonchev–Trinajstić information content (AvgIpc) is 2.62. The number of benzene rings is 2. The van der Waals surface area contributed by atoms with Gasteiger partial charge in [-0.2, -0.15) is 0 Å². The van der Waals surface area contributed by atoms with Crippen molar-refractivity contribution in [1.29, 1.82) is 0 Å². The van der Waals surface area contributed by atoms with Gasteiger partial charge in [0.1, 0.15) is 0 Å². The van der Waals surface area contributed by atoms with Gasteiger partial charge >= 0.3 is 5.97 Å². The lowest BCUT2D eigenvalue weighted by Gasteiger charge is -2.13. The summed E-state index contributed by atoms with van der Waals surface area (Å²) < 4.78 is 59.4. The molecule has 0 amide bonds. The summed E-state index contributed by atoms with van der Waals surface area (Å²) >= 11 is 6.74. The number of thioether (sulfide) groups is 1. The SMILES string of the molecule is CC(Oc1c(F)cc(SCCNS(=O)(=O)c2ccc(Cl)cc2)cc1F)C(=O)O. The van der Waals surface area contributed by atoms with Gasteiger partial charge in [0.2, 0.25) is 10.0 Å². The lowest BCUT2D eigenvalue weighted by atomic mass is 10.3. The third kappa shape index (κ3) is 6.06. The Morgan fingerprint density at radius 2 is 1.82 bits per heavy atom. The Morgan fingerprint density at radius 1 is 1.25 bits per heavy atom. The first-order chi connectivity index (χ1) is 13.1. The number of hydrogen-bond donors (Lipinski definition) is 2. The molecule has 0 aliphatic rings. The van der Waals surface area contributed by atoms with Crippen molar-refractivity contribution in [2.24, 2.45) is 0 Å². The minimum Gasteiger partial charge on any atom is -0.479 e. The largest absolute Gasteiger partial charge is 0.479 e. The topological polar surface area (TPSA) is 92.7 Å². The van der Waals surface area contributed by atoms with Gasteiger partial charge in [-0.3, -0.25) is 0 Å². The van der Waals surface area contributed by atoms with Crippen LogP contribution in [0.4, 0.5) is 8.78 Å². The van der Waals surface area contributed by atoms with Crippen LogP contribution in [0.5, 0.6) is 5.75 Å². The first kappa shape index (κ1) is 22.4. The standard InChI is InChI=1S/C17H16ClF2NO5S2/c1-10(17(22)23)26-16-14(19)8-12(9-15(16)20)27-7-6-21-28(24,25)13-4-2-11(18)3-5-13/h2-5,8-10,21H,6-7H2,1H3,(H,22,23). The molecule has 28 heavy (non-hydrogen) atoms. The van der Waals surface area contributed by atoms with E-state index in [9.17, 15) is 22.0 Å². The lowest BCUT2D eigenvalue weighted by molar-refractivity contribution is -0.144. The third-order valence-electron chi connectivity index (χ3n) is 3.40. The summed E-state index contributed by atoms with van der Waals surface area (Å²) in [6.07, 6.45) is -1.41. The van der Waals surface area contributed by atoms with Crippen molar-refractivity contribution in [2.75, 3.05) is 12.3 Å². The van der Waals surface area contributed by atoms with E-state index in [1.807, 2.05) is 0 Å². The van der Waals surface area contributed by atoms with E-state index in [0.29, 0.717) is 5.02 Å². The van der Waals surface area contributed by atoms with E-state index in [0.717, 1.165) is 30.8 Å². The number of carbonyl (C=O) groups is 1. The second-order valence-corrected chi connectivity index (χ2v) is 8.89. The van der Waals surface area contributed by atoms with Gasteiger partial charge in [0.25, 0.3) is 0 Å². The molecule has 0 saturated heterocycles. The summed E-state index contributed by atoms with van der Waals surface area (Å²) in [4.78, 5) is 11.0. The number of carboxylic acids is 1. The summed E-state index contributed by atoms with van der Waals surface area (Å²) in [5, 5.41) is 9.15. The molecule has 0 saturated carbocycles. The molecular formula is C17H16ClF2NO5S2. The van der Waals surface area contributed by atoms with Crippen LogP contribution in [0.15, 0.2) is 46.2 Å². The molecule has 0 aromatic heterocycles. The number of nitrogens with one attached hydrogen (secondary N) is 1. The number of carboxylic acid groups (broad SMARTS) is 1. The number of halogens is 3. The molecule has 6 nitrogen and oxygen atoms in total. The Kier molecular flexibility index (Phi) is 7.64. The van der Waals surface area contributed by atoms with Gasteiger partial charge in [-0.15, -0.1) is 11.8 Å². The van der Waals surface area contributed by atoms with Crippen molar-refractivity contribution in [2.45, 2.75) is 22.8 Å². The van der Waals surface area contributed by atoms with Gasteiger partial charge in [-0.25, -0.2) is 26.7 Å². The third-order valence-corrected chi connectivity index (χ3v) is 6.11. The molecule has 2 aromatic rings. The Bertz CT molecular complexity index is 932. The van der Waals surface area contributed by atoms with Crippen LogP contribution in [0, 0.1) is 11.6 Å². The highest BCUT2D eigenvalue weighted by molar-refractivity contribution is 7.99. The lowest BCUT2D eigenvalue weighted by Crippen LogP contribution is -2.26. The van der Waals surface area contributed by atoms with Crippen LogP contribution >= 0.6 is 23.4 Å². The van der Waals surface area contributed by atoms with Crippen molar-refractivity contribution in [1.82, 2.24) is 4.72 Å². The van der Waals surface area contributed by atoms with E-state index in [1.54, 1.807) is 0 Å². The van der Waals surface area contributed by atoms with Crippen LogP contribution < -0.4 is 9.46 Å². The van der Waals surface area contributed by atoms with Crippen molar-refractivity contribution < 1.29 is 31.8 Å². The molecule has 2 rings (SSSR count). The van der Waals surface area contributed by atoms with Crippen LogP contribution in [0.1, 0.15) is 6.92 Å². The highest BCUT2D eigenvalue weighted by atomic mass is 35.5. The molecule has 0 aliphatic heterocycles. The average molecular weight is 452 g/mol. The fourth-order valence-electron chi connectivity index (χ4n) is 2.00. The minimum absolute atomic E-state index is 0.0210. The fourth-order valence-corrected chi connectivity index (χ4v) is 4.10. The summed E-state index contributed by atoms with van der Waals surface area (Å²) in [7, 11) is -3.72. The highest BCUT2D eigenvalue weighted by Gasteiger charge is 2.20. The van der Waals surface area contributed by atoms with E-state index < -0.39 is 39.5 Å². The van der Waals surface area contributed by atoms with Crippen LogP contribution in [-0.2, 0) is 14.8 Å². The van der Waals surface area contributed by atoms with Crippen molar-refractivity contribution in [3.63, 3.8) is 0 Å². The zero-order valence-corrected chi connectivity index (χ0v) is 16.9. The number of rotatable bonds is 9. The summed E-state index contributed by atoms with van der Waals surface area (Å²) in [5.74, 6) is -4.01. The second kappa shape index (κ2) is 9.55. The number of hydrogen-bond acceptors (Lipinski definition) is 5. The predicted molar refractivity (Wildman–Crippen MR) is 101 cm³/mol. The molecule has 11 heteroatoms. The van der Waals surface area contributed by atoms with E-state index >= 15 is 0 Å². The van der Waals surface area contributed by atoms with Crippen molar-refractivity contribution in [3.05, 3.63) is 53.1 Å². The second-order valence-electron chi connectivity index (χ2n) is 5.51. The monoisotopic (exact) mass is 451 g/mol. The Labute approximate surface area is 169 Å². The fraction of sp³-hybridized carbons (Fsp3) is 0.235. The Balaban J connectivity index is 1.94. The van der Waals surface area contributed by atoms with Crippen LogP contribution in [-0.4, -0.2) is 37.9 Å². The first-order valence-corrected chi connectivity index (χ1v) is 10.7. The summed E-state index contributed by atoms with van der Waals surface area (Å²) in [5.41, 5.74) is 0. The molecule has 2 aromatic carbocycles. The van der Waals surface area contributed by atoms with Crippen molar-refractivity contribution in [3.8, 4) is 5.75 Å². The molecule has 0 heterocycles. The van der Waals surface area contributed by atoms with Crippen LogP contribution in [0.2, 0.25) is 5.02 Å². The predicted octanol–water partition coefficient (Wildman–Crippen LogP) is 3.54. The molecule has 0 bridgehead atoms. The molecule has 0 spiro atoms. The maximum absolute atomic E-state index is 14.0. The van der Waals surface area contributed by atoms with Gasteiger partial charge in [0, 0.05) is 22.2 Å². The van der Waals surface area contributed by atoms with E-state index in [4.69, 9.17) is 21.4 Å². The summed E-state index contributed by atoms with van der Waals surface area (Å²) in [6.45, 7) is 1.17. The van der Waals surface area contributed by atoms with E-state index in [-0.39, 0.29) is 22.1 Å². The van der Waals surface area contributed by atoms with E-state index in [1.165, 1.54) is 24.3 Å². The number of aliphatic carboxylic acids is 1. The molecule has 2 N–H and O–H groups in total. The first-order valence-electron chi connectivity index (χ1n) is 7.86. The van der Waals surface area contributed by atoms with Crippen molar-refractivity contribution >= 4 is 39.4 Å². The van der Waals surface area contributed by atoms with Gasteiger partial charge in [0.15, 0.2) is 23.5 Å². The molecular weight excluding hydrogens is 436 g/mol. The highest BCUT2D eigenvalue weighted by Crippen LogP contribution is 2.29. The van der Waals surface area contributed by atoms with Gasteiger partial charge < -0.3 is 9.84 Å². The van der Waals surface area contributed by atoms with Gasteiger partial charge in [-0.05, 0) is 43.3 Å². The molecule has 0 aliphatic carbocycles. The maximum atomic E-state index is 14.0. The smallest absolute Gasteiger partial charge is 0.344 e. The zero-order valence-electron chi connectivity index (χ0n) is 14.5. The van der Waals surface area contributed by atoms with Gasteiger partial charge in [0.05, 0.1) is 4.90 Å². The molecule has 1 unspecified atom stereocenters. The van der Waals surface area contributed by atoms with Gasteiger partial charge in [-0.1, -0.05) is 11.6 Å². The Hall–Kier alpha value is -1.88.